The minimum atomic E-state index is 0.611. The Bertz CT molecular complexity index is 448. The van der Waals surface area contributed by atoms with E-state index < -0.39 is 0 Å². The van der Waals surface area contributed by atoms with Gasteiger partial charge in [0.2, 0.25) is 0 Å². The van der Waals surface area contributed by atoms with Crippen LogP contribution in [0, 0.1) is 0 Å². The maximum absolute atomic E-state index is 6.46. The lowest BCUT2D eigenvalue weighted by Crippen LogP contribution is -2.37. The van der Waals surface area contributed by atoms with Crippen LogP contribution in [0.3, 0.4) is 0 Å². The quantitative estimate of drug-likeness (QED) is 0.779. The zero-order valence-corrected chi connectivity index (χ0v) is 14.3. The van der Waals surface area contributed by atoms with Crippen molar-refractivity contribution < 1.29 is 0 Å². The highest BCUT2D eigenvalue weighted by atomic mass is 35.5. The molecule has 0 aromatic heterocycles. The third-order valence-corrected chi connectivity index (χ3v) is 4.42. The Morgan fingerprint density at radius 3 is 2.86 bits per heavy atom. The van der Waals surface area contributed by atoms with Gasteiger partial charge in [0, 0.05) is 36.4 Å². The molecule has 2 rings (SSSR count). The predicted molar refractivity (Wildman–Crippen MR) is 92.4 cm³/mol. The zero-order chi connectivity index (χ0) is 15.2. The highest BCUT2D eigenvalue weighted by Crippen LogP contribution is 2.29. The normalized spacial score (nSPS) is 18.7. The van der Waals surface area contributed by atoms with E-state index in [0.717, 1.165) is 37.6 Å². The van der Waals surface area contributed by atoms with Gasteiger partial charge in [-0.25, -0.2) is 0 Å². The van der Waals surface area contributed by atoms with Gasteiger partial charge in [0.05, 0.1) is 0 Å². The van der Waals surface area contributed by atoms with E-state index in [1.165, 1.54) is 24.1 Å². The first-order valence-corrected chi connectivity index (χ1v) is 8.40. The van der Waals surface area contributed by atoms with E-state index in [1.807, 2.05) is 0 Å². The number of hydrogen-bond acceptors (Lipinski definition) is 3. The molecule has 1 saturated heterocycles. The van der Waals surface area contributed by atoms with Gasteiger partial charge in [0.25, 0.3) is 0 Å². The van der Waals surface area contributed by atoms with Crippen LogP contribution in [0.15, 0.2) is 18.2 Å². The highest BCUT2D eigenvalue weighted by molar-refractivity contribution is 6.31. The van der Waals surface area contributed by atoms with Crippen molar-refractivity contribution in [2.75, 3.05) is 38.6 Å². The van der Waals surface area contributed by atoms with Crippen molar-refractivity contribution in [3.8, 4) is 0 Å². The average molecular weight is 310 g/mol. The number of rotatable bonds is 7. The Morgan fingerprint density at radius 2 is 2.19 bits per heavy atom. The number of halogens is 1. The molecule has 1 aromatic carbocycles. The molecule has 118 valence electrons. The number of benzene rings is 1. The van der Waals surface area contributed by atoms with Crippen LogP contribution < -0.4 is 10.2 Å². The Balaban J connectivity index is 2.04. The van der Waals surface area contributed by atoms with Crippen LogP contribution in [0.25, 0.3) is 0 Å². The topological polar surface area (TPSA) is 18.5 Å². The molecular weight excluding hydrogens is 282 g/mol. The van der Waals surface area contributed by atoms with Gasteiger partial charge in [-0.1, -0.05) is 24.6 Å². The maximum Gasteiger partial charge on any atom is 0.0471 e. The SMILES string of the molecule is CCCNCc1ccc(N2CCCC2CN(C)C)cc1Cl. The first-order valence-electron chi connectivity index (χ1n) is 8.02. The Labute approximate surface area is 134 Å². The Kier molecular flexibility index (Phi) is 6.34. The van der Waals surface area contributed by atoms with Crippen molar-refractivity contribution in [3.05, 3.63) is 28.8 Å². The summed E-state index contributed by atoms with van der Waals surface area (Å²) in [7, 11) is 4.29. The summed E-state index contributed by atoms with van der Waals surface area (Å²) in [5, 5.41) is 4.29. The van der Waals surface area contributed by atoms with Crippen LogP contribution in [0.4, 0.5) is 5.69 Å². The number of hydrogen-bond donors (Lipinski definition) is 1. The van der Waals surface area contributed by atoms with E-state index in [4.69, 9.17) is 11.6 Å². The zero-order valence-electron chi connectivity index (χ0n) is 13.5. The molecule has 0 amide bonds. The van der Waals surface area contributed by atoms with Gasteiger partial charge >= 0.3 is 0 Å². The van der Waals surface area contributed by atoms with Gasteiger partial charge in [-0.3, -0.25) is 0 Å². The summed E-state index contributed by atoms with van der Waals surface area (Å²) in [6, 6.07) is 7.15. The fourth-order valence-corrected chi connectivity index (χ4v) is 3.29. The van der Waals surface area contributed by atoms with Gasteiger partial charge in [-0.05, 0) is 57.6 Å². The fraction of sp³-hybridized carbons (Fsp3) is 0.647. The summed E-state index contributed by atoms with van der Waals surface area (Å²) >= 11 is 6.46. The molecule has 21 heavy (non-hydrogen) atoms. The van der Waals surface area contributed by atoms with Crippen LogP contribution in [0.1, 0.15) is 31.7 Å². The van der Waals surface area contributed by atoms with E-state index in [-0.39, 0.29) is 0 Å². The second kappa shape index (κ2) is 8.02. The molecule has 1 aliphatic heterocycles. The van der Waals surface area contributed by atoms with E-state index in [9.17, 15) is 0 Å². The van der Waals surface area contributed by atoms with Gasteiger partial charge in [-0.2, -0.15) is 0 Å². The second-order valence-electron chi connectivity index (χ2n) is 6.20. The van der Waals surface area contributed by atoms with Crippen LogP contribution in [-0.2, 0) is 6.54 Å². The summed E-state index contributed by atoms with van der Waals surface area (Å²) in [5.41, 5.74) is 2.46. The minimum Gasteiger partial charge on any atom is -0.367 e. The molecule has 1 heterocycles. The first-order chi connectivity index (χ1) is 10.1. The maximum atomic E-state index is 6.46. The average Bonchev–Trinajstić information content (AvgIpc) is 2.88. The van der Waals surface area contributed by atoms with Gasteiger partial charge in [-0.15, -0.1) is 0 Å². The van der Waals surface area contributed by atoms with Crippen molar-refractivity contribution in [2.24, 2.45) is 0 Å². The third-order valence-electron chi connectivity index (χ3n) is 4.06. The fourth-order valence-electron chi connectivity index (χ4n) is 3.05. The van der Waals surface area contributed by atoms with Gasteiger partial charge in [0.1, 0.15) is 0 Å². The van der Waals surface area contributed by atoms with Crippen LogP contribution in [0.5, 0.6) is 0 Å². The molecule has 0 spiro atoms. The first kappa shape index (κ1) is 16.6. The lowest BCUT2D eigenvalue weighted by Gasteiger charge is -2.29. The summed E-state index contributed by atoms with van der Waals surface area (Å²) in [6.45, 7) is 6.32. The molecular formula is C17H28ClN3. The van der Waals surface area contributed by atoms with E-state index in [1.54, 1.807) is 0 Å². The monoisotopic (exact) mass is 309 g/mol. The molecule has 1 aromatic rings. The van der Waals surface area contributed by atoms with Gasteiger partial charge < -0.3 is 15.1 Å². The van der Waals surface area contributed by atoms with Crippen molar-refractivity contribution in [3.63, 3.8) is 0 Å². The molecule has 0 aliphatic carbocycles. The number of nitrogens with zero attached hydrogens (tertiary/aromatic N) is 2. The van der Waals surface area contributed by atoms with Crippen molar-refractivity contribution in [1.29, 1.82) is 0 Å². The Morgan fingerprint density at radius 1 is 1.38 bits per heavy atom. The molecule has 0 saturated carbocycles. The molecule has 4 heteroatoms. The molecule has 0 radical (unpaired) electrons. The van der Waals surface area contributed by atoms with Gasteiger partial charge in [0.15, 0.2) is 0 Å². The molecule has 1 atom stereocenters. The summed E-state index contributed by atoms with van der Waals surface area (Å²) in [4.78, 5) is 4.78. The molecule has 1 fully saturated rings. The molecule has 0 bridgehead atoms. The standard InChI is InChI=1S/C17H28ClN3/c1-4-9-19-12-14-7-8-15(11-17(14)18)21-10-5-6-16(21)13-20(2)3/h7-8,11,16,19H,4-6,9-10,12-13H2,1-3H3. The third kappa shape index (κ3) is 4.60. The van der Waals surface area contributed by atoms with E-state index in [0.29, 0.717) is 6.04 Å². The Hall–Kier alpha value is -0.770. The van der Waals surface area contributed by atoms with Crippen LogP contribution >= 0.6 is 11.6 Å². The van der Waals surface area contributed by atoms with Crippen molar-refractivity contribution in [2.45, 2.75) is 38.8 Å². The highest BCUT2D eigenvalue weighted by Gasteiger charge is 2.25. The van der Waals surface area contributed by atoms with Crippen molar-refractivity contribution >= 4 is 17.3 Å². The predicted octanol–water partition coefficient (Wildman–Crippen LogP) is 3.37. The largest absolute Gasteiger partial charge is 0.367 e. The number of likely N-dealkylation sites (N-methyl/N-ethyl adjacent to an activating group) is 1. The second-order valence-corrected chi connectivity index (χ2v) is 6.61. The minimum absolute atomic E-state index is 0.611. The summed E-state index contributed by atoms with van der Waals surface area (Å²) < 4.78 is 0. The van der Waals surface area contributed by atoms with E-state index >= 15 is 0 Å². The molecule has 3 nitrogen and oxygen atoms in total. The lowest BCUT2D eigenvalue weighted by molar-refractivity contribution is 0.372. The number of anilines is 1. The lowest BCUT2D eigenvalue weighted by atomic mass is 10.1. The van der Waals surface area contributed by atoms with Crippen LogP contribution in [-0.4, -0.2) is 44.7 Å². The van der Waals surface area contributed by atoms with Crippen molar-refractivity contribution in [1.82, 2.24) is 10.2 Å². The smallest absolute Gasteiger partial charge is 0.0471 e. The van der Waals surface area contributed by atoms with Crippen LogP contribution in [0.2, 0.25) is 5.02 Å². The molecule has 1 N–H and O–H groups in total. The summed E-state index contributed by atoms with van der Waals surface area (Å²) in [6.07, 6.45) is 3.70. The molecule has 1 aliphatic rings. The molecule has 1 unspecified atom stereocenters. The number of nitrogens with one attached hydrogen (secondary N) is 1. The summed E-state index contributed by atoms with van der Waals surface area (Å²) in [5.74, 6) is 0. The van der Waals surface area contributed by atoms with E-state index in [2.05, 4.69) is 54.3 Å².